The molecule has 0 aliphatic heterocycles. The molecular formula is C12H9N3O. The minimum Gasteiger partial charge on any atom is -0.434 e. The molecule has 4 heteroatoms. The third kappa shape index (κ3) is 1.32. The topological polar surface area (TPSA) is 64.9 Å². The fraction of sp³-hybridized carbons (Fsp3) is 0. The molecule has 1 aromatic carbocycles. The van der Waals surface area contributed by atoms with Gasteiger partial charge in [-0.1, -0.05) is 18.2 Å². The standard InChI is InChI=1S/C12H9N3O/c13-9-6-14-7-10-11(9)16-12(15-10)8-4-2-1-3-5-8/h1-7H,13H2. The number of nitrogen functional groups attached to an aromatic ring is 1. The lowest BCUT2D eigenvalue weighted by molar-refractivity contribution is 0.621. The van der Waals surface area contributed by atoms with Gasteiger partial charge in [0.05, 0.1) is 18.1 Å². The first-order valence-electron chi connectivity index (χ1n) is 4.90. The molecule has 2 heterocycles. The Kier molecular flexibility index (Phi) is 1.86. The van der Waals surface area contributed by atoms with E-state index in [1.54, 1.807) is 12.4 Å². The lowest BCUT2D eigenvalue weighted by atomic mass is 10.2. The van der Waals surface area contributed by atoms with Crippen LogP contribution in [-0.2, 0) is 0 Å². The molecule has 3 rings (SSSR count). The van der Waals surface area contributed by atoms with Crippen LogP contribution in [0, 0.1) is 0 Å². The number of nitrogens with zero attached hydrogens (tertiary/aromatic N) is 2. The third-order valence-corrected chi connectivity index (χ3v) is 2.35. The second kappa shape index (κ2) is 3.34. The molecule has 0 bridgehead atoms. The summed E-state index contributed by atoms with van der Waals surface area (Å²) in [6.07, 6.45) is 3.20. The van der Waals surface area contributed by atoms with Crippen LogP contribution in [0.1, 0.15) is 0 Å². The predicted octanol–water partition coefficient (Wildman–Crippen LogP) is 2.47. The van der Waals surface area contributed by atoms with E-state index in [1.165, 1.54) is 0 Å². The van der Waals surface area contributed by atoms with Crippen LogP contribution in [0.15, 0.2) is 47.1 Å². The zero-order chi connectivity index (χ0) is 11.0. The molecule has 0 spiro atoms. The van der Waals surface area contributed by atoms with E-state index in [-0.39, 0.29) is 0 Å². The van der Waals surface area contributed by atoms with Crippen molar-refractivity contribution in [2.75, 3.05) is 5.73 Å². The first kappa shape index (κ1) is 8.91. The summed E-state index contributed by atoms with van der Waals surface area (Å²) in [6.45, 7) is 0. The van der Waals surface area contributed by atoms with Crippen molar-refractivity contribution in [3.05, 3.63) is 42.7 Å². The molecule has 2 N–H and O–H groups in total. The first-order valence-corrected chi connectivity index (χ1v) is 4.90. The summed E-state index contributed by atoms with van der Waals surface area (Å²) in [5.74, 6) is 0.565. The fourth-order valence-corrected chi connectivity index (χ4v) is 1.58. The largest absolute Gasteiger partial charge is 0.434 e. The Bertz CT molecular complexity index is 631. The van der Waals surface area contributed by atoms with Gasteiger partial charge in [-0.25, -0.2) is 4.98 Å². The number of hydrogen-bond acceptors (Lipinski definition) is 4. The lowest BCUT2D eigenvalue weighted by Gasteiger charge is -1.92. The van der Waals surface area contributed by atoms with Gasteiger partial charge in [-0.3, -0.25) is 4.98 Å². The minimum atomic E-state index is 0.507. The number of hydrogen-bond donors (Lipinski definition) is 1. The Balaban J connectivity index is 2.23. The first-order chi connectivity index (χ1) is 7.84. The van der Waals surface area contributed by atoms with Crippen molar-refractivity contribution in [1.29, 1.82) is 0 Å². The summed E-state index contributed by atoms with van der Waals surface area (Å²) < 4.78 is 5.61. The summed E-state index contributed by atoms with van der Waals surface area (Å²) in [7, 11) is 0. The molecule has 0 unspecified atom stereocenters. The highest BCUT2D eigenvalue weighted by atomic mass is 16.3. The van der Waals surface area contributed by atoms with E-state index < -0.39 is 0 Å². The van der Waals surface area contributed by atoms with Crippen LogP contribution in [0.2, 0.25) is 0 Å². The van der Waals surface area contributed by atoms with E-state index >= 15 is 0 Å². The summed E-state index contributed by atoms with van der Waals surface area (Å²) in [5.41, 5.74) is 8.46. The zero-order valence-corrected chi connectivity index (χ0v) is 8.42. The van der Waals surface area contributed by atoms with E-state index in [1.807, 2.05) is 30.3 Å². The Morgan fingerprint density at radius 2 is 1.88 bits per heavy atom. The second-order valence-electron chi connectivity index (χ2n) is 3.46. The number of benzene rings is 1. The van der Waals surface area contributed by atoms with Gasteiger partial charge >= 0.3 is 0 Å². The van der Waals surface area contributed by atoms with E-state index in [2.05, 4.69) is 9.97 Å². The van der Waals surface area contributed by atoms with Gasteiger partial charge < -0.3 is 10.2 Å². The van der Waals surface area contributed by atoms with Crippen molar-refractivity contribution in [1.82, 2.24) is 9.97 Å². The highest BCUT2D eigenvalue weighted by Gasteiger charge is 2.09. The monoisotopic (exact) mass is 211 g/mol. The molecular weight excluding hydrogens is 202 g/mol. The summed E-state index contributed by atoms with van der Waals surface area (Å²) in [6, 6.07) is 9.70. The number of fused-ring (bicyclic) bond motifs is 1. The molecule has 0 aliphatic rings. The molecule has 3 aromatic rings. The maximum atomic E-state index is 5.75. The molecule has 0 atom stereocenters. The van der Waals surface area contributed by atoms with Gasteiger partial charge in [0.1, 0.15) is 5.52 Å². The number of rotatable bonds is 1. The summed E-state index contributed by atoms with van der Waals surface area (Å²) in [5, 5.41) is 0. The number of aromatic nitrogens is 2. The van der Waals surface area contributed by atoms with E-state index in [0.29, 0.717) is 22.7 Å². The van der Waals surface area contributed by atoms with Crippen molar-refractivity contribution in [3.8, 4) is 11.5 Å². The van der Waals surface area contributed by atoms with Crippen molar-refractivity contribution >= 4 is 16.8 Å². The van der Waals surface area contributed by atoms with Crippen molar-refractivity contribution in [2.24, 2.45) is 0 Å². The number of pyridine rings is 1. The zero-order valence-electron chi connectivity index (χ0n) is 8.42. The average Bonchev–Trinajstić information content (AvgIpc) is 2.76. The number of anilines is 1. The van der Waals surface area contributed by atoms with Crippen molar-refractivity contribution in [2.45, 2.75) is 0 Å². The van der Waals surface area contributed by atoms with Crippen LogP contribution >= 0.6 is 0 Å². The Morgan fingerprint density at radius 3 is 2.62 bits per heavy atom. The van der Waals surface area contributed by atoms with E-state index in [9.17, 15) is 0 Å². The number of nitrogens with two attached hydrogens (primary N) is 1. The van der Waals surface area contributed by atoms with Gasteiger partial charge in [-0.15, -0.1) is 0 Å². The molecule has 0 aliphatic carbocycles. The van der Waals surface area contributed by atoms with Crippen molar-refractivity contribution < 1.29 is 4.42 Å². The van der Waals surface area contributed by atoms with Crippen LogP contribution in [0.3, 0.4) is 0 Å². The predicted molar refractivity (Wildman–Crippen MR) is 61.7 cm³/mol. The maximum Gasteiger partial charge on any atom is 0.227 e. The van der Waals surface area contributed by atoms with Crippen LogP contribution in [0.5, 0.6) is 0 Å². The minimum absolute atomic E-state index is 0.507. The van der Waals surface area contributed by atoms with Gasteiger partial charge in [0.15, 0.2) is 5.58 Å². The normalized spacial score (nSPS) is 10.8. The summed E-state index contributed by atoms with van der Waals surface area (Å²) in [4.78, 5) is 8.31. The Hall–Kier alpha value is -2.36. The Labute approximate surface area is 91.7 Å². The van der Waals surface area contributed by atoms with Gasteiger partial charge in [0.25, 0.3) is 0 Å². The highest BCUT2D eigenvalue weighted by Crippen LogP contribution is 2.26. The SMILES string of the molecule is Nc1cncc2nc(-c3ccccc3)oc12. The van der Waals surface area contributed by atoms with E-state index in [4.69, 9.17) is 10.2 Å². The Morgan fingerprint density at radius 1 is 1.06 bits per heavy atom. The van der Waals surface area contributed by atoms with Gasteiger partial charge in [0, 0.05) is 5.56 Å². The average molecular weight is 211 g/mol. The van der Waals surface area contributed by atoms with E-state index in [0.717, 1.165) is 5.56 Å². The second-order valence-corrected chi connectivity index (χ2v) is 3.46. The molecule has 0 saturated heterocycles. The molecule has 78 valence electrons. The highest BCUT2D eigenvalue weighted by molar-refractivity contribution is 5.85. The van der Waals surface area contributed by atoms with Crippen molar-refractivity contribution in [3.63, 3.8) is 0 Å². The molecule has 0 amide bonds. The van der Waals surface area contributed by atoms with Gasteiger partial charge in [-0.2, -0.15) is 0 Å². The molecule has 0 saturated carbocycles. The molecule has 16 heavy (non-hydrogen) atoms. The molecule has 2 aromatic heterocycles. The smallest absolute Gasteiger partial charge is 0.227 e. The van der Waals surface area contributed by atoms with Crippen LogP contribution < -0.4 is 5.73 Å². The van der Waals surface area contributed by atoms with Gasteiger partial charge in [-0.05, 0) is 12.1 Å². The van der Waals surface area contributed by atoms with Gasteiger partial charge in [0.2, 0.25) is 5.89 Å². The molecule has 0 radical (unpaired) electrons. The van der Waals surface area contributed by atoms with Crippen LogP contribution in [0.4, 0.5) is 5.69 Å². The fourth-order valence-electron chi connectivity index (χ4n) is 1.58. The molecule has 0 fully saturated rings. The quantitative estimate of drug-likeness (QED) is 0.671. The lowest BCUT2D eigenvalue weighted by Crippen LogP contribution is -1.85. The molecule has 4 nitrogen and oxygen atoms in total. The summed E-state index contributed by atoms with van der Waals surface area (Å²) >= 11 is 0. The van der Waals surface area contributed by atoms with Crippen LogP contribution in [0.25, 0.3) is 22.6 Å². The third-order valence-electron chi connectivity index (χ3n) is 2.35. The number of oxazole rings is 1. The van der Waals surface area contributed by atoms with Crippen LogP contribution in [-0.4, -0.2) is 9.97 Å². The maximum absolute atomic E-state index is 5.75.